The van der Waals surface area contributed by atoms with Gasteiger partial charge in [-0.1, -0.05) is 18.2 Å². The molecule has 2 aromatic heterocycles. The zero-order valence-electron chi connectivity index (χ0n) is 25.5. The molecule has 5 heterocycles. The number of rotatable bonds is 4. The Labute approximate surface area is 251 Å². The average molecular weight is 594 g/mol. The topological polar surface area (TPSA) is 107 Å². The summed E-state index contributed by atoms with van der Waals surface area (Å²) in [6.07, 6.45) is 5.75. The number of benzene rings is 1. The lowest BCUT2D eigenvalue weighted by Crippen LogP contribution is -2.38. The van der Waals surface area contributed by atoms with E-state index in [4.69, 9.17) is 24.3 Å². The molecule has 11 heteroatoms. The molecule has 1 saturated heterocycles. The van der Waals surface area contributed by atoms with E-state index in [9.17, 15) is 14.0 Å². The summed E-state index contributed by atoms with van der Waals surface area (Å²) in [7, 11) is 0. The van der Waals surface area contributed by atoms with Gasteiger partial charge >= 0.3 is 5.97 Å². The Morgan fingerprint density at radius 2 is 1.98 bits per heavy atom. The molecular weight excluding hydrogens is 553 g/mol. The number of hydrogen-bond acceptors (Lipinski definition) is 8. The monoisotopic (exact) mass is 593 g/mol. The molecule has 1 N–H and O–H groups in total. The maximum Gasteiger partial charge on any atom is 0.340 e. The van der Waals surface area contributed by atoms with Crippen molar-refractivity contribution in [3.63, 3.8) is 0 Å². The minimum Gasteiger partial charge on any atom is -0.489 e. The van der Waals surface area contributed by atoms with Crippen LogP contribution in [-0.4, -0.2) is 58.4 Å². The van der Waals surface area contributed by atoms with Gasteiger partial charge in [0.05, 0.1) is 17.8 Å². The van der Waals surface area contributed by atoms with Crippen LogP contribution in [0.25, 0.3) is 5.65 Å². The summed E-state index contributed by atoms with van der Waals surface area (Å²) in [4.78, 5) is 33.7. The Hall–Kier alpha value is -3.99. The third kappa shape index (κ3) is 6.98. The summed E-state index contributed by atoms with van der Waals surface area (Å²) in [6, 6.07) is 5.90. The van der Waals surface area contributed by atoms with Crippen molar-refractivity contribution in [3.05, 3.63) is 64.7 Å². The van der Waals surface area contributed by atoms with E-state index in [-0.39, 0.29) is 18.8 Å². The van der Waals surface area contributed by atoms with Gasteiger partial charge in [0.1, 0.15) is 24.0 Å². The number of hydrogen-bond donors (Lipinski definition) is 1. The standard InChI is InChI=1S/C32H40FN5O5/c1-6-41-31(40)28(43-32(3,4)5)27-20(2)35-26-18-24-29(39)34-19-22-10-11-23(33)17-25(22)42-16-8-7-9-21-12-14-37(15-13-21)30(27)38(26)36-24/h7-8,10-11,17-18,21,28H,6,9,12-16,19H2,1-5H3,(H,34,39)/b8-7+/t28-/m0/s1. The van der Waals surface area contributed by atoms with Gasteiger partial charge in [0.25, 0.3) is 5.91 Å². The molecule has 4 bridgehead atoms. The predicted molar refractivity (Wildman–Crippen MR) is 160 cm³/mol. The minimum absolute atomic E-state index is 0.120. The summed E-state index contributed by atoms with van der Waals surface area (Å²) in [5, 5.41) is 7.58. The van der Waals surface area contributed by atoms with Crippen molar-refractivity contribution in [3.8, 4) is 5.75 Å². The first-order chi connectivity index (χ1) is 20.5. The normalized spacial score (nSPS) is 18.0. The molecule has 3 aromatic rings. The number of nitrogens with one attached hydrogen (secondary N) is 1. The number of carbonyl (C=O) groups excluding carboxylic acids is 2. The molecule has 10 nitrogen and oxygen atoms in total. The lowest BCUT2D eigenvalue weighted by atomic mass is 9.93. The molecule has 0 spiro atoms. The first-order valence-corrected chi connectivity index (χ1v) is 14.9. The van der Waals surface area contributed by atoms with Gasteiger partial charge < -0.3 is 24.4 Å². The smallest absolute Gasteiger partial charge is 0.340 e. The van der Waals surface area contributed by atoms with Gasteiger partial charge in [-0.15, -0.1) is 0 Å². The van der Waals surface area contributed by atoms with E-state index in [1.54, 1.807) is 23.6 Å². The average Bonchev–Trinajstić information content (AvgIpc) is 3.38. The van der Waals surface area contributed by atoms with Crippen LogP contribution in [0.5, 0.6) is 5.75 Å². The fourth-order valence-corrected chi connectivity index (χ4v) is 5.58. The van der Waals surface area contributed by atoms with Crippen molar-refractivity contribution >= 4 is 23.3 Å². The zero-order valence-corrected chi connectivity index (χ0v) is 25.5. The number of halogens is 1. The van der Waals surface area contributed by atoms with E-state index < -0.39 is 29.4 Å². The van der Waals surface area contributed by atoms with Gasteiger partial charge in [0, 0.05) is 43.0 Å². The van der Waals surface area contributed by atoms with Crippen molar-refractivity contribution in [1.82, 2.24) is 19.9 Å². The summed E-state index contributed by atoms with van der Waals surface area (Å²) in [6.45, 7) is 11.3. The van der Waals surface area contributed by atoms with Crippen LogP contribution in [0.2, 0.25) is 0 Å². The number of carbonyl (C=O) groups is 2. The Bertz CT molecular complexity index is 1520. The quantitative estimate of drug-likeness (QED) is 0.330. The number of anilines is 1. The Morgan fingerprint density at radius 1 is 1.21 bits per heavy atom. The molecule has 1 aromatic carbocycles. The van der Waals surface area contributed by atoms with Crippen LogP contribution in [0.15, 0.2) is 36.4 Å². The van der Waals surface area contributed by atoms with Crippen LogP contribution in [0, 0.1) is 18.7 Å². The second-order valence-electron chi connectivity index (χ2n) is 12.0. The highest BCUT2D eigenvalue weighted by Gasteiger charge is 2.36. The number of allylic oxidation sites excluding steroid dienone is 1. The fourth-order valence-electron chi connectivity index (χ4n) is 5.58. The number of nitrogens with zero attached hydrogens (tertiary/aromatic N) is 4. The summed E-state index contributed by atoms with van der Waals surface area (Å²) in [5.74, 6) is 0.183. The van der Waals surface area contributed by atoms with Crippen LogP contribution < -0.4 is 15.0 Å². The second kappa shape index (κ2) is 12.7. The lowest BCUT2D eigenvalue weighted by Gasteiger charge is -2.36. The molecule has 3 aliphatic heterocycles. The van der Waals surface area contributed by atoms with Crippen LogP contribution in [-0.2, 0) is 20.8 Å². The van der Waals surface area contributed by atoms with Crippen LogP contribution in [0.4, 0.5) is 10.2 Å². The molecule has 6 rings (SSSR count). The van der Waals surface area contributed by atoms with Crippen molar-refractivity contribution in [2.45, 2.75) is 72.1 Å². The van der Waals surface area contributed by atoms with E-state index in [1.807, 2.05) is 33.8 Å². The van der Waals surface area contributed by atoms with Crippen LogP contribution >= 0.6 is 0 Å². The molecule has 230 valence electrons. The van der Waals surface area contributed by atoms with Gasteiger partial charge in [-0.2, -0.15) is 9.61 Å². The Balaban J connectivity index is 1.62. The third-order valence-corrected chi connectivity index (χ3v) is 7.62. The molecular formula is C32H40FN5O5. The zero-order chi connectivity index (χ0) is 30.7. The summed E-state index contributed by atoms with van der Waals surface area (Å²) < 4.78 is 33.3. The molecule has 0 saturated carbocycles. The molecule has 0 radical (unpaired) electrons. The minimum atomic E-state index is -1.04. The molecule has 43 heavy (non-hydrogen) atoms. The number of aryl methyl sites for hydroxylation is 1. The number of esters is 1. The summed E-state index contributed by atoms with van der Waals surface area (Å²) in [5.41, 5.74) is 1.81. The molecule has 0 unspecified atom stereocenters. The number of amides is 1. The SMILES string of the molecule is CCOC(=O)[C@@H](OC(C)(C)C)c1c(C)nc2cc3nn2c1N1CCC(C/C=C/COc2cc(F)ccc2CNC3=O)CC1. The number of ether oxygens (including phenoxy) is 3. The molecule has 1 atom stereocenters. The van der Waals surface area contributed by atoms with E-state index >= 15 is 0 Å². The van der Waals surface area contributed by atoms with Crippen molar-refractivity contribution in [2.75, 3.05) is 31.2 Å². The molecule has 0 aliphatic carbocycles. The second-order valence-corrected chi connectivity index (χ2v) is 12.0. The van der Waals surface area contributed by atoms with Gasteiger partial charge in [0.15, 0.2) is 17.4 Å². The van der Waals surface area contributed by atoms with Gasteiger partial charge in [-0.3, -0.25) is 4.79 Å². The maximum atomic E-state index is 14.0. The van der Waals surface area contributed by atoms with E-state index in [2.05, 4.69) is 16.3 Å². The third-order valence-electron chi connectivity index (χ3n) is 7.62. The van der Waals surface area contributed by atoms with Crippen molar-refractivity contribution in [1.29, 1.82) is 0 Å². The summed E-state index contributed by atoms with van der Waals surface area (Å²) >= 11 is 0. The fraction of sp³-hybridized carbons (Fsp3) is 0.500. The number of aromatic nitrogens is 3. The Morgan fingerprint density at radius 3 is 2.70 bits per heavy atom. The number of fused-ring (bicyclic) bond motifs is 7. The highest BCUT2D eigenvalue weighted by molar-refractivity contribution is 5.93. The molecule has 3 aliphatic rings. The van der Waals surface area contributed by atoms with Crippen LogP contribution in [0.1, 0.15) is 80.4 Å². The first kappa shape index (κ1) is 30.5. The maximum absolute atomic E-state index is 14.0. The number of piperidine rings is 1. The van der Waals surface area contributed by atoms with Gasteiger partial charge in [0.2, 0.25) is 0 Å². The molecule has 1 amide bonds. The van der Waals surface area contributed by atoms with Gasteiger partial charge in [-0.05, 0) is 65.9 Å². The van der Waals surface area contributed by atoms with E-state index in [1.165, 1.54) is 12.1 Å². The van der Waals surface area contributed by atoms with Crippen LogP contribution in [0.3, 0.4) is 0 Å². The first-order valence-electron chi connectivity index (χ1n) is 14.9. The molecule has 1 fully saturated rings. The predicted octanol–water partition coefficient (Wildman–Crippen LogP) is 5.08. The highest BCUT2D eigenvalue weighted by Crippen LogP contribution is 2.37. The van der Waals surface area contributed by atoms with Gasteiger partial charge in [-0.25, -0.2) is 14.2 Å². The largest absolute Gasteiger partial charge is 0.489 e. The van der Waals surface area contributed by atoms with E-state index in [0.717, 1.165) is 32.4 Å². The lowest BCUT2D eigenvalue weighted by molar-refractivity contribution is -0.166. The highest BCUT2D eigenvalue weighted by atomic mass is 19.1. The van der Waals surface area contributed by atoms with E-state index in [0.29, 0.717) is 46.6 Å². The van der Waals surface area contributed by atoms with Crippen molar-refractivity contribution in [2.24, 2.45) is 5.92 Å². The van der Waals surface area contributed by atoms with Crippen molar-refractivity contribution < 1.29 is 28.2 Å². The Kier molecular flexibility index (Phi) is 9.00.